The summed E-state index contributed by atoms with van der Waals surface area (Å²) in [6.45, 7) is 0.816. The molecule has 0 aliphatic carbocycles. The highest BCUT2D eigenvalue weighted by molar-refractivity contribution is 5.67. The molecule has 1 aliphatic heterocycles. The molecule has 1 aromatic heterocycles. The van der Waals surface area contributed by atoms with Gasteiger partial charge in [-0.3, -0.25) is 15.6 Å². The molecule has 2 atom stereocenters. The molecule has 1 saturated heterocycles. The van der Waals surface area contributed by atoms with Gasteiger partial charge in [-0.15, -0.1) is 0 Å². The molecule has 2 heterocycles. The van der Waals surface area contributed by atoms with Crippen LogP contribution in [0.1, 0.15) is 12.1 Å². The maximum absolute atomic E-state index is 10.6. The van der Waals surface area contributed by atoms with Crippen molar-refractivity contribution in [2.24, 2.45) is 5.92 Å². The predicted molar refractivity (Wildman–Crippen MR) is 55.2 cm³/mol. The van der Waals surface area contributed by atoms with Crippen LogP contribution in [0.3, 0.4) is 0 Å². The van der Waals surface area contributed by atoms with Gasteiger partial charge in [0.1, 0.15) is 0 Å². The number of nitrogens with one attached hydrogen (secondary N) is 3. The SMILES string of the molecule is O=C(O)CC1NNCC1Cc1ccc[nH]1. The molecule has 0 aromatic carbocycles. The molecule has 0 spiro atoms. The number of hydrogen-bond donors (Lipinski definition) is 4. The zero-order chi connectivity index (χ0) is 10.7. The van der Waals surface area contributed by atoms with Crippen LogP contribution < -0.4 is 10.9 Å². The quantitative estimate of drug-likeness (QED) is 0.568. The van der Waals surface area contributed by atoms with Gasteiger partial charge < -0.3 is 10.1 Å². The number of carboxylic acid groups (broad SMARTS) is 1. The monoisotopic (exact) mass is 209 g/mol. The highest BCUT2D eigenvalue weighted by Crippen LogP contribution is 2.16. The average molecular weight is 209 g/mol. The summed E-state index contributed by atoms with van der Waals surface area (Å²) in [7, 11) is 0. The lowest BCUT2D eigenvalue weighted by atomic mass is 9.94. The highest BCUT2D eigenvalue weighted by Gasteiger charge is 2.28. The fourth-order valence-corrected chi connectivity index (χ4v) is 1.98. The van der Waals surface area contributed by atoms with E-state index in [1.807, 2.05) is 18.3 Å². The van der Waals surface area contributed by atoms with E-state index in [2.05, 4.69) is 15.8 Å². The summed E-state index contributed by atoms with van der Waals surface area (Å²) >= 11 is 0. The Labute approximate surface area is 87.9 Å². The van der Waals surface area contributed by atoms with Gasteiger partial charge in [0.15, 0.2) is 0 Å². The zero-order valence-electron chi connectivity index (χ0n) is 8.36. The fourth-order valence-electron chi connectivity index (χ4n) is 1.98. The van der Waals surface area contributed by atoms with Crippen molar-refractivity contribution in [2.45, 2.75) is 18.9 Å². The largest absolute Gasteiger partial charge is 0.481 e. The molecular formula is C10H15N3O2. The summed E-state index contributed by atoms with van der Waals surface area (Å²) in [5.74, 6) is -0.424. The van der Waals surface area contributed by atoms with Crippen molar-refractivity contribution in [1.29, 1.82) is 0 Å². The normalized spacial score (nSPS) is 25.6. The Hall–Kier alpha value is -1.33. The lowest BCUT2D eigenvalue weighted by Crippen LogP contribution is -2.34. The van der Waals surface area contributed by atoms with Crippen LogP contribution in [-0.4, -0.2) is 28.6 Å². The van der Waals surface area contributed by atoms with Crippen molar-refractivity contribution >= 4 is 5.97 Å². The first-order chi connectivity index (χ1) is 7.25. The van der Waals surface area contributed by atoms with Gasteiger partial charge in [0.05, 0.1) is 6.42 Å². The molecule has 0 bridgehead atoms. The lowest BCUT2D eigenvalue weighted by molar-refractivity contribution is -0.137. The van der Waals surface area contributed by atoms with Crippen molar-refractivity contribution in [3.63, 3.8) is 0 Å². The second kappa shape index (κ2) is 4.46. The molecule has 4 N–H and O–H groups in total. The molecule has 2 rings (SSSR count). The van der Waals surface area contributed by atoms with Crippen LogP contribution in [0.5, 0.6) is 0 Å². The number of carboxylic acids is 1. The third-order valence-corrected chi connectivity index (χ3v) is 2.76. The second-order valence-corrected chi connectivity index (χ2v) is 3.89. The van der Waals surface area contributed by atoms with Crippen LogP contribution in [0.4, 0.5) is 0 Å². The number of rotatable bonds is 4. The number of aromatic amines is 1. The second-order valence-electron chi connectivity index (χ2n) is 3.89. The van der Waals surface area contributed by atoms with E-state index in [1.54, 1.807) is 0 Å². The van der Waals surface area contributed by atoms with Crippen molar-refractivity contribution in [2.75, 3.05) is 6.54 Å². The van der Waals surface area contributed by atoms with Gasteiger partial charge in [-0.05, 0) is 24.5 Å². The summed E-state index contributed by atoms with van der Waals surface area (Å²) in [5, 5.41) is 8.74. The topological polar surface area (TPSA) is 77.2 Å². The van der Waals surface area contributed by atoms with Gasteiger partial charge in [-0.2, -0.15) is 0 Å². The Kier molecular flexibility index (Phi) is 3.03. The summed E-state index contributed by atoms with van der Waals surface area (Å²) in [4.78, 5) is 13.8. The van der Waals surface area contributed by atoms with Crippen molar-refractivity contribution in [3.8, 4) is 0 Å². The molecule has 82 valence electrons. The summed E-state index contributed by atoms with van der Waals surface area (Å²) in [6, 6.07) is 4.00. The lowest BCUT2D eigenvalue weighted by Gasteiger charge is -2.15. The van der Waals surface area contributed by atoms with Gasteiger partial charge >= 0.3 is 5.97 Å². The fraction of sp³-hybridized carbons (Fsp3) is 0.500. The number of hydrazine groups is 1. The van der Waals surface area contributed by atoms with Crippen molar-refractivity contribution < 1.29 is 9.90 Å². The first-order valence-electron chi connectivity index (χ1n) is 5.08. The van der Waals surface area contributed by atoms with E-state index in [4.69, 9.17) is 5.11 Å². The van der Waals surface area contributed by atoms with E-state index in [-0.39, 0.29) is 12.5 Å². The molecule has 1 aromatic rings. The third kappa shape index (κ3) is 2.57. The van der Waals surface area contributed by atoms with Crippen molar-refractivity contribution in [3.05, 3.63) is 24.0 Å². The maximum atomic E-state index is 10.6. The molecule has 1 aliphatic rings. The Balaban J connectivity index is 1.93. The molecule has 2 unspecified atom stereocenters. The summed E-state index contributed by atoms with van der Waals surface area (Å²) in [6.07, 6.45) is 2.93. The van der Waals surface area contributed by atoms with E-state index >= 15 is 0 Å². The summed E-state index contributed by atoms with van der Waals surface area (Å²) < 4.78 is 0. The van der Waals surface area contributed by atoms with Crippen LogP contribution >= 0.6 is 0 Å². The molecule has 0 amide bonds. The minimum absolute atomic E-state index is 0.0193. The molecule has 0 radical (unpaired) electrons. The minimum atomic E-state index is -0.757. The minimum Gasteiger partial charge on any atom is -0.481 e. The van der Waals surface area contributed by atoms with Crippen LogP contribution in [0.2, 0.25) is 0 Å². The molecular weight excluding hydrogens is 194 g/mol. The van der Waals surface area contributed by atoms with Gasteiger partial charge in [-0.1, -0.05) is 0 Å². The van der Waals surface area contributed by atoms with Crippen LogP contribution in [-0.2, 0) is 11.2 Å². The Morgan fingerprint density at radius 1 is 1.60 bits per heavy atom. The van der Waals surface area contributed by atoms with E-state index in [0.29, 0.717) is 5.92 Å². The van der Waals surface area contributed by atoms with Gasteiger partial charge in [0, 0.05) is 24.5 Å². The number of aromatic nitrogens is 1. The smallest absolute Gasteiger partial charge is 0.304 e. The molecule has 5 heteroatoms. The van der Waals surface area contributed by atoms with Gasteiger partial charge in [0.25, 0.3) is 0 Å². The maximum Gasteiger partial charge on any atom is 0.304 e. The number of hydrogen-bond acceptors (Lipinski definition) is 3. The third-order valence-electron chi connectivity index (χ3n) is 2.76. The highest BCUT2D eigenvalue weighted by atomic mass is 16.4. The Morgan fingerprint density at radius 3 is 3.13 bits per heavy atom. The van der Waals surface area contributed by atoms with Crippen LogP contribution in [0.15, 0.2) is 18.3 Å². The predicted octanol–water partition coefficient (Wildman–Crippen LogP) is 0.125. The van der Waals surface area contributed by atoms with Crippen LogP contribution in [0.25, 0.3) is 0 Å². The molecule has 15 heavy (non-hydrogen) atoms. The number of carbonyl (C=O) groups is 1. The van der Waals surface area contributed by atoms with E-state index < -0.39 is 5.97 Å². The number of aliphatic carboxylic acids is 1. The van der Waals surface area contributed by atoms with Crippen LogP contribution in [0, 0.1) is 5.92 Å². The van der Waals surface area contributed by atoms with Gasteiger partial charge in [0.2, 0.25) is 0 Å². The molecule has 1 fully saturated rings. The van der Waals surface area contributed by atoms with Gasteiger partial charge in [-0.25, -0.2) is 0 Å². The first-order valence-corrected chi connectivity index (χ1v) is 5.08. The standard InChI is InChI=1S/C10H15N3O2/c14-10(15)5-9-7(6-12-13-9)4-8-2-1-3-11-8/h1-3,7,9,11-13H,4-6H2,(H,14,15). The Morgan fingerprint density at radius 2 is 2.47 bits per heavy atom. The number of H-pyrrole nitrogens is 1. The van der Waals surface area contributed by atoms with E-state index in [1.165, 1.54) is 0 Å². The van der Waals surface area contributed by atoms with E-state index in [0.717, 1.165) is 18.7 Å². The van der Waals surface area contributed by atoms with Crippen molar-refractivity contribution in [1.82, 2.24) is 15.8 Å². The molecule has 0 saturated carbocycles. The molecule has 5 nitrogen and oxygen atoms in total. The van der Waals surface area contributed by atoms with E-state index in [9.17, 15) is 4.79 Å². The average Bonchev–Trinajstić information content (AvgIpc) is 2.78. The first kappa shape index (κ1) is 10.2. The summed E-state index contributed by atoms with van der Waals surface area (Å²) in [5.41, 5.74) is 7.17. The zero-order valence-corrected chi connectivity index (χ0v) is 8.36. The Bertz CT molecular complexity index is 323.